The van der Waals surface area contributed by atoms with E-state index < -0.39 is 0 Å². The lowest BCUT2D eigenvalue weighted by Gasteiger charge is -2.24. The maximum absolute atomic E-state index is 4.29. The molecule has 0 saturated carbocycles. The highest BCUT2D eigenvalue weighted by Crippen LogP contribution is 2.26. The van der Waals surface area contributed by atoms with Gasteiger partial charge in [0.05, 0.1) is 12.4 Å². The highest BCUT2D eigenvalue weighted by Gasteiger charge is 2.24. The van der Waals surface area contributed by atoms with Crippen molar-refractivity contribution in [1.29, 1.82) is 0 Å². The van der Waals surface area contributed by atoms with Crippen LogP contribution < -0.4 is 4.90 Å². The van der Waals surface area contributed by atoms with Crippen molar-refractivity contribution in [3.8, 4) is 0 Å². The molecule has 1 saturated heterocycles. The molecule has 4 rings (SSSR count). The molecule has 4 heterocycles. The fraction of sp³-hybridized carbons (Fsp3) is 0.267. The summed E-state index contributed by atoms with van der Waals surface area (Å²) < 4.78 is 2.00. The summed E-state index contributed by atoms with van der Waals surface area (Å²) in [5.41, 5.74) is 0.792. The first kappa shape index (κ1) is 12.5. The Morgan fingerprint density at radius 2 is 2.33 bits per heavy atom. The molecule has 5 nitrogen and oxygen atoms in total. The van der Waals surface area contributed by atoms with Crippen molar-refractivity contribution in [3.05, 3.63) is 47.2 Å². The Hall–Kier alpha value is -2.21. The normalized spacial score (nSPS) is 19.0. The number of hydrogen-bond donors (Lipinski definition) is 0. The Labute approximate surface area is 126 Å². The van der Waals surface area contributed by atoms with Crippen LogP contribution in [0.25, 0.3) is 11.7 Å². The van der Waals surface area contributed by atoms with Crippen molar-refractivity contribution >= 4 is 28.9 Å². The van der Waals surface area contributed by atoms with Gasteiger partial charge in [0.2, 0.25) is 0 Å². The minimum absolute atomic E-state index is 0.405. The molecule has 1 aliphatic rings. The monoisotopic (exact) mass is 297 g/mol. The third-order valence-corrected chi connectivity index (χ3v) is 4.66. The second kappa shape index (κ2) is 5.29. The van der Waals surface area contributed by atoms with Gasteiger partial charge < -0.3 is 4.90 Å². The van der Waals surface area contributed by atoms with Gasteiger partial charge in [-0.25, -0.2) is 0 Å². The molecule has 106 valence electrons. The van der Waals surface area contributed by atoms with E-state index in [0.29, 0.717) is 6.04 Å². The van der Waals surface area contributed by atoms with Gasteiger partial charge in [-0.2, -0.15) is 0 Å². The molecule has 0 bridgehead atoms. The van der Waals surface area contributed by atoms with Crippen LogP contribution in [-0.4, -0.2) is 32.2 Å². The average Bonchev–Trinajstić information content (AvgIpc) is 3.25. The molecule has 21 heavy (non-hydrogen) atoms. The van der Waals surface area contributed by atoms with Gasteiger partial charge >= 0.3 is 0 Å². The molecular weight excluding hydrogens is 282 g/mol. The van der Waals surface area contributed by atoms with Crippen LogP contribution in [0.1, 0.15) is 17.7 Å². The second-order valence-corrected chi connectivity index (χ2v) is 6.08. The summed E-state index contributed by atoms with van der Waals surface area (Å²) in [5.74, 6) is 1.07. The van der Waals surface area contributed by atoms with Crippen molar-refractivity contribution in [2.75, 3.05) is 11.4 Å². The molecule has 1 aliphatic heterocycles. The molecule has 0 amide bonds. The summed E-state index contributed by atoms with van der Waals surface area (Å²) in [6.45, 7) is 1.04. The maximum Gasteiger partial charge on any atom is 0.180 e. The number of nitrogens with zero attached hydrogens (tertiary/aromatic N) is 5. The lowest BCUT2D eigenvalue weighted by atomic mass is 10.2. The highest BCUT2D eigenvalue weighted by atomic mass is 32.1. The summed E-state index contributed by atoms with van der Waals surface area (Å²) in [4.78, 5) is 7.96. The number of fused-ring (bicyclic) bond motifs is 1. The number of thiophene rings is 1. The van der Waals surface area contributed by atoms with E-state index in [-0.39, 0.29) is 0 Å². The van der Waals surface area contributed by atoms with Crippen LogP contribution in [0.3, 0.4) is 0 Å². The van der Waals surface area contributed by atoms with Crippen LogP contribution in [0.2, 0.25) is 0 Å². The van der Waals surface area contributed by atoms with Crippen LogP contribution in [0.4, 0.5) is 5.82 Å². The van der Waals surface area contributed by atoms with Crippen LogP contribution >= 0.6 is 11.3 Å². The average molecular weight is 297 g/mol. The quantitative estimate of drug-likeness (QED) is 0.746. The Bertz CT molecular complexity index is 761. The van der Waals surface area contributed by atoms with Gasteiger partial charge in [-0.05, 0) is 30.4 Å². The van der Waals surface area contributed by atoms with Crippen molar-refractivity contribution in [1.82, 2.24) is 19.6 Å². The third-order valence-electron chi connectivity index (χ3n) is 3.82. The molecule has 0 radical (unpaired) electrons. The van der Waals surface area contributed by atoms with E-state index in [1.165, 1.54) is 17.7 Å². The SMILES string of the molecule is C(=C\C1CCCN1c1cncc2nncn12)/c1cccs1. The summed E-state index contributed by atoms with van der Waals surface area (Å²) >= 11 is 1.76. The molecule has 1 atom stereocenters. The molecule has 0 N–H and O–H groups in total. The minimum Gasteiger partial charge on any atom is -0.350 e. The van der Waals surface area contributed by atoms with Gasteiger partial charge in [-0.1, -0.05) is 12.1 Å². The van der Waals surface area contributed by atoms with Gasteiger partial charge in [-0.15, -0.1) is 21.5 Å². The van der Waals surface area contributed by atoms with E-state index >= 15 is 0 Å². The Morgan fingerprint density at radius 3 is 3.24 bits per heavy atom. The third kappa shape index (κ3) is 2.31. The van der Waals surface area contributed by atoms with Gasteiger partial charge in [0.1, 0.15) is 12.1 Å². The zero-order chi connectivity index (χ0) is 14.1. The van der Waals surface area contributed by atoms with Crippen LogP contribution in [0.5, 0.6) is 0 Å². The summed E-state index contributed by atoms with van der Waals surface area (Å²) in [7, 11) is 0. The van der Waals surface area contributed by atoms with Crippen molar-refractivity contribution in [2.45, 2.75) is 18.9 Å². The summed E-state index contributed by atoms with van der Waals surface area (Å²) in [6, 6.07) is 4.63. The highest BCUT2D eigenvalue weighted by molar-refractivity contribution is 7.10. The van der Waals surface area contributed by atoms with Crippen LogP contribution in [-0.2, 0) is 0 Å². The largest absolute Gasteiger partial charge is 0.350 e. The van der Waals surface area contributed by atoms with E-state index in [4.69, 9.17) is 0 Å². The Morgan fingerprint density at radius 1 is 1.33 bits per heavy atom. The minimum atomic E-state index is 0.405. The molecule has 6 heteroatoms. The lowest BCUT2D eigenvalue weighted by molar-refractivity contribution is 0.788. The first-order valence-corrected chi connectivity index (χ1v) is 7.92. The number of rotatable bonds is 3. The van der Waals surface area contributed by atoms with Gasteiger partial charge in [0.15, 0.2) is 5.65 Å². The van der Waals surface area contributed by atoms with Crippen molar-refractivity contribution < 1.29 is 0 Å². The van der Waals surface area contributed by atoms with Crippen LogP contribution in [0.15, 0.2) is 42.3 Å². The fourth-order valence-electron chi connectivity index (χ4n) is 2.82. The van der Waals surface area contributed by atoms with Crippen molar-refractivity contribution in [2.24, 2.45) is 0 Å². The fourth-order valence-corrected chi connectivity index (χ4v) is 3.45. The second-order valence-electron chi connectivity index (χ2n) is 5.10. The molecular formula is C15H15N5S. The predicted molar refractivity (Wildman–Crippen MR) is 84.5 cm³/mol. The Balaban J connectivity index is 1.66. The van der Waals surface area contributed by atoms with Gasteiger partial charge in [0, 0.05) is 17.5 Å². The smallest absolute Gasteiger partial charge is 0.180 e. The zero-order valence-electron chi connectivity index (χ0n) is 11.5. The topological polar surface area (TPSA) is 46.3 Å². The summed E-state index contributed by atoms with van der Waals surface area (Å²) in [5, 5.41) is 10.1. The van der Waals surface area contributed by atoms with E-state index in [1.54, 1.807) is 23.9 Å². The molecule has 0 aromatic carbocycles. The summed E-state index contributed by atoms with van der Waals surface area (Å²) in [6.07, 6.45) is 12.3. The standard InChI is InChI=1S/C15H15N5S/c1-3-12(5-6-13-4-2-8-21-13)19(7-1)15-10-16-9-14-18-17-11-20(14)15/h2,4-6,8-12H,1,3,7H2/b6-5+. The van der Waals surface area contributed by atoms with Crippen LogP contribution in [0, 0.1) is 0 Å². The van der Waals surface area contributed by atoms with E-state index in [0.717, 1.165) is 18.0 Å². The zero-order valence-corrected chi connectivity index (χ0v) is 12.3. The van der Waals surface area contributed by atoms with E-state index in [2.05, 4.69) is 49.7 Å². The molecule has 3 aromatic heterocycles. The number of aromatic nitrogens is 4. The predicted octanol–water partition coefficient (Wildman–Crippen LogP) is 2.87. The van der Waals surface area contributed by atoms with E-state index in [9.17, 15) is 0 Å². The van der Waals surface area contributed by atoms with Gasteiger partial charge in [-0.3, -0.25) is 9.38 Å². The number of hydrogen-bond acceptors (Lipinski definition) is 5. The number of anilines is 1. The molecule has 3 aromatic rings. The first-order chi connectivity index (χ1) is 10.4. The molecule has 1 unspecified atom stereocenters. The first-order valence-electron chi connectivity index (χ1n) is 7.04. The van der Waals surface area contributed by atoms with E-state index in [1.807, 2.05) is 10.6 Å². The molecule has 0 aliphatic carbocycles. The van der Waals surface area contributed by atoms with Crippen molar-refractivity contribution in [3.63, 3.8) is 0 Å². The maximum atomic E-state index is 4.29. The molecule has 0 spiro atoms. The Kier molecular flexibility index (Phi) is 3.16. The lowest BCUT2D eigenvalue weighted by Crippen LogP contribution is -2.29. The van der Waals surface area contributed by atoms with Gasteiger partial charge in [0.25, 0.3) is 0 Å². The molecule has 1 fully saturated rings.